The van der Waals surface area contributed by atoms with E-state index in [0.717, 1.165) is 5.56 Å². The van der Waals surface area contributed by atoms with Gasteiger partial charge in [0.05, 0.1) is 32.5 Å². The largest absolute Gasteiger partial charge is 0.508 e. The highest BCUT2D eigenvalue weighted by Crippen LogP contribution is 2.29. The predicted octanol–water partition coefficient (Wildman–Crippen LogP) is -0.911. The van der Waals surface area contributed by atoms with E-state index in [-0.39, 0.29) is 17.9 Å². The molecular formula is C27H34O13. The summed E-state index contributed by atoms with van der Waals surface area (Å²) < 4.78 is 32.2. The van der Waals surface area contributed by atoms with Crippen LogP contribution in [0.15, 0.2) is 48.5 Å². The minimum atomic E-state index is -1.96. The maximum absolute atomic E-state index is 12.3. The van der Waals surface area contributed by atoms with Crippen molar-refractivity contribution in [2.45, 2.75) is 55.1 Å². The van der Waals surface area contributed by atoms with Crippen LogP contribution in [0, 0.1) is 0 Å². The topological polar surface area (TPSA) is 194 Å². The van der Waals surface area contributed by atoms with Gasteiger partial charge in [0.25, 0.3) is 0 Å². The number of ether oxygens (including phenoxy) is 6. The normalized spacial score (nSPS) is 32.1. The average molecular weight is 567 g/mol. The molecule has 2 heterocycles. The fourth-order valence-electron chi connectivity index (χ4n) is 4.26. The van der Waals surface area contributed by atoms with E-state index < -0.39 is 74.5 Å². The Bertz CT molecular complexity index is 1090. The summed E-state index contributed by atoms with van der Waals surface area (Å²) in [4.78, 5) is 12.3. The highest BCUT2D eigenvalue weighted by Gasteiger charge is 2.51. The predicted molar refractivity (Wildman–Crippen MR) is 134 cm³/mol. The Morgan fingerprint density at radius 1 is 0.950 bits per heavy atom. The van der Waals surface area contributed by atoms with Crippen LogP contribution in [0.2, 0.25) is 0 Å². The van der Waals surface area contributed by atoms with Crippen LogP contribution < -0.4 is 4.74 Å². The number of aliphatic hydroxyl groups is 5. The summed E-state index contributed by atoms with van der Waals surface area (Å²) in [5, 5.41) is 61.7. The van der Waals surface area contributed by atoms with Gasteiger partial charge in [0.2, 0.25) is 0 Å². The van der Waals surface area contributed by atoms with E-state index in [4.69, 9.17) is 28.4 Å². The Morgan fingerprint density at radius 3 is 2.33 bits per heavy atom. The molecule has 8 unspecified atom stereocenters. The van der Waals surface area contributed by atoms with E-state index in [9.17, 15) is 35.4 Å². The molecule has 8 atom stereocenters. The van der Waals surface area contributed by atoms with Gasteiger partial charge in [-0.25, -0.2) is 4.79 Å². The van der Waals surface area contributed by atoms with Gasteiger partial charge in [0, 0.05) is 0 Å². The Hall–Kier alpha value is -2.85. The van der Waals surface area contributed by atoms with Gasteiger partial charge in [-0.3, -0.25) is 0 Å². The Labute approximate surface area is 230 Å². The van der Waals surface area contributed by atoms with Crippen LogP contribution >= 0.6 is 0 Å². The fourth-order valence-corrected chi connectivity index (χ4v) is 4.26. The van der Waals surface area contributed by atoms with Gasteiger partial charge in [0.1, 0.15) is 48.6 Å². The molecular weight excluding hydrogens is 532 g/mol. The van der Waals surface area contributed by atoms with Crippen LogP contribution in [-0.4, -0.2) is 119 Å². The van der Waals surface area contributed by atoms with E-state index in [0.29, 0.717) is 12.2 Å². The molecule has 2 fully saturated rings. The Kier molecular flexibility index (Phi) is 9.94. The van der Waals surface area contributed by atoms with Crippen LogP contribution in [0.1, 0.15) is 15.9 Å². The summed E-state index contributed by atoms with van der Waals surface area (Å²) >= 11 is 0. The zero-order chi connectivity index (χ0) is 28.9. The smallest absolute Gasteiger partial charge is 0.338 e. The Balaban J connectivity index is 1.26. The minimum Gasteiger partial charge on any atom is -0.508 e. The van der Waals surface area contributed by atoms with Crippen molar-refractivity contribution >= 4 is 5.97 Å². The zero-order valence-electron chi connectivity index (χ0n) is 21.7. The molecule has 2 aliphatic heterocycles. The monoisotopic (exact) mass is 566 g/mol. The van der Waals surface area contributed by atoms with Crippen LogP contribution in [0.4, 0.5) is 0 Å². The lowest BCUT2D eigenvalue weighted by Crippen LogP contribution is -2.59. The molecule has 220 valence electrons. The van der Waals surface area contributed by atoms with Crippen molar-refractivity contribution in [2.24, 2.45) is 0 Å². The number of hydrogen-bond acceptors (Lipinski definition) is 13. The van der Waals surface area contributed by atoms with Gasteiger partial charge in [-0.2, -0.15) is 0 Å². The molecule has 13 nitrogen and oxygen atoms in total. The Morgan fingerprint density at radius 2 is 1.65 bits per heavy atom. The highest BCUT2D eigenvalue weighted by atomic mass is 16.7. The van der Waals surface area contributed by atoms with Crippen LogP contribution in [0.5, 0.6) is 11.5 Å². The number of aliphatic hydroxyl groups excluding tert-OH is 4. The third-order valence-electron chi connectivity index (χ3n) is 6.79. The number of carbonyl (C=O) groups is 1. The molecule has 0 amide bonds. The number of benzene rings is 2. The molecule has 0 bridgehead atoms. The van der Waals surface area contributed by atoms with Crippen molar-refractivity contribution in [1.29, 1.82) is 0 Å². The summed E-state index contributed by atoms with van der Waals surface area (Å²) in [7, 11) is 1.49. The van der Waals surface area contributed by atoms with Crippen molar-refractivity contribution in [3.8, 4) is 11.5 Å². The number of hydrogen-bond donors (Lipinski definition) is 6. The van der Waals surface area contributed by atoms with Crippen molar-refractivity contribution in [3.63, 3.8) is 0 Å². The third kappa shape index (κ3) is 7.07. The first kappa shape index (κ1) is 30.1. The molecule has 0 aromatic heterocycles. The number of phenolic OH excluding ortho intramolecular Hbond substituents is 1. The van der Waals surface area contributed by atoms with Gasteiger partial charge in [-0.1, -0.05) is 12.1 Å². The molecule has 6 N–H and O–H groups in total. The number of methoxy groups -OCH3 is 1. The second-order valence-electron chi connectivity index (χ2n) is 9.67. The number of esters is 1. The van der Waals surface area contributed by atoms with E-state index in [1.54, 1.807) is 24.3 Å². The van der Waals surface area contributed by atoms with Gasteiger partial charge >= 0.3 is 5.97 Å². The first-order valence-electron chi connectivity index (χ1n) is 12.7. The molecule has 0 saturated carbocycles. The average Bonchev–Trinajstić information content (AvgIpc) is 3.25. The van der Waals surface area contributed by atoms with Crippen molar-refractivity contribution in [1.82, 2.24) is 0 Å². The highest BCUT2D eigenvalue weighted by molar-refractivity contribution is 5.89. The lowest BCUT2D eigenvalue weighted by molar-refractivity contribution is -0.309. The minimum absolute atomic E-state index is 0.107. The van der Waals surface area contributed by atoms with Crippen LogP contribution in [0.3, 0.4) is 0 Å². The molecule has 0 radical (unpaired) electrons. The number of carbonyl (C=O) groups excluding carboxylic acids is 1. The first-order chi connectivity index (χ1) is 19.1. The summed E-state index contributed by atoms with van der Waals surface area (Å²) in [6.45, 7) is -1.28. The van der Waals surface area contributed by atoms with Crippen LogP contribution in [0.25, 0.3) is 0 Å². The van der Waals surface area contributed by atoms with E-state index >= 15 is 0 Å². The lowest BCUT2D eigenvalue weighted by atomic mass is 9.99. The molecule has 2 aromatic carbocycles. The molecule has 2 aliphatic rings. The maximum Gasteiger partial charge on any atom is 0.338 e. The van der Waals surface area contributed by atoms with Crippen molar-refractivity contribution < 1.29 is 63.9 Å². The lowest BCUT2D eigenvalue weighted by Gasteiger charge is -2.40. The summed E-state index contributed by atoms with van der Waals surface area (Å²) in [6.07, 6.45) is -9.70. The molecule has 40 heavy (non-hydrogen) atoms. The van der Waals surface area contributed by atoms with Crippen molar-refractivity contribution in [2.75, 3.05) is 33.5 Å². The van der Waals surface area contributed by atoms with E-state index in [2.05, 4.69) is 0 Å². The second-order valence-corrected chi connectivity index (χ2v) is 9.67. The summed E-state index contributed by atoms with van der Waals surface area (Å²) in [5.74, 6) is -0.0498. The van der Waals surface area contributed by atoms with E-state index in [1.807, 2.05) is 0 Å². The summed E-state index contributed by atoms with van der Waals surface area (Å²) in [5.41, 5.74) is -0.887. The number of phenols is 1. The first-order valence-corrected chi connectivity index (χ1v) is 12.7. The van der Waals surface area contributed by atoms with Crippen LogP contribution in [-0.2, 0) is 30.1 Å². The van der Waals surface area contributed by atoms with Crippen molar-refractivity contribution in [3.05, 3.63) is 59.7 Å². The molecule has 0 spiro atoms. The second kappa shape index (κ2) is 13.2. The number of rotatable bonds is 11. The molecule has 2 saturated heterocycles. The maximum atomic E-state index is 12.3. The molecule has 0 aliphatic carbocycles. The zero-order valence-corrected chi connectivity index (χ0v) is 21.7. The fraction of sp³-hybridized carbons (Fsp3) is 0.519. The quantitative estimate of drug-likeness (QED) is 0.183. The third-order valence-corrected chi connectivity index (χ3v) is 6.79. The molecule has 4 rings (SSSR count). The van der Waals surface area contributed by atoms with Gasteiger partial charge in [-0.05, 0) is 48.4 Å². The van der Waals surface area contributed by atoms with Gasteiger partial charge in [-0.15, -0.1) is 0 Å². The van der Waals surface area contributed by atoms with Gasteiger partial charge in [0.15, 0.2) is 18.2 Å². The SMILES string of the molecule is COc1ccc(C(=O)OCC2(O)COC(OCC3OC(OCCc4ccc(O)cc4)C(O)C(O)C3O)C2O)cc1. The van der Waals surface area contributed by atoms with E-state index in [1.165, 1.54) is 31.4 Å². The molecule has 13 heteroatoms. The number of aromatic hydroxyl groups is 1. The molecule has 2 aromatic rings. The summed E-state index contributed by atoms with van der Waals surface area (Å²) in [6, 6.07) is 12.6. The standard InChI is InChI=1S/C27H34O13/c1-35-18-8-4-16(5-9-18)24(33)38-13-27(34)14-39-26(23(27)32)37-12-19-20(29)21(30)22(31)25(40-19)36-11-10-15-2-6-17(28)7-3-15/h2-9,19-23,25-26,28-32,34H,10-14H2,1H3. The van der Waals surface area contributed by atoms with Gasteiger partial charge < -0.3 is 59.1 Å².